The van der Waals surface area contributed by atoms with E-state index in [1.807, 2.05) is 24.3 Å². The first-order valence-corrected chi connectivity index (χ1v) is 5.67. The highest BCUT2D eigenvalue weighted by atomic mass is 16.5. The van der Waals surface area contributed by atoms with Crippen molar-refractivity contribution in [3.8, 4) is 5.75 Å². The summed E-state index contributed by atoms with van der Waals surface area (Å²) in [6.45, 7) is 0. The molecule has 0 spiro atoms. The molecule has 0 unspecified atom stereocenters. The summed E-state index contributed by atoms with van der Waals surface area (Å²) in [6, 6.07) is 12.2. The average molecular weight is 254 g/mol. The molecule has 0 atom stereocenters. The predicted molar refractivity (Wildman–Crippen MR) is 70.1 cm³/mol. The molecular weight excluding hydrogens is 244 g/mol. The number of fused-ring (bicyclic) bond motifs is 1. The molecule has 5 nitrogen and oxygen atoms in total. The number of phenolic OH excluding ortho intramolecular Hbond substituents is 1. The van der Waals surface area contributed by atoms with Crippen LogP contribution in [-0.4, -0.2) is 16.2 Å². The van der Waals surface area contributed by atoms with Crippen LogP contribution < -0.4 is 5.32 Å². The molecule has 0 bridgehead atoms. The largest absolute Gasteiger partial charge is 0.507 e. The van der Waals surface area contributed by atoms with Crippen LogP contribution in [-0.2, 0) is 0 Å². The molecule has 1 amide bonds. The zero-order chi connectivity index (χ0) is 13.2. The Morgan fingerprint density at radius 2 is 1.89 bits per heavy atom. The summed E-state index contributed by atoms with van der Waals surface area (Å²) in [5.74, 6) is -0.200. The second kappa shape index (κ2) is 4.45. The van der Waals surface area contributed by atoms with Gasteiger partial charge >= 0.3 is 0 Å². The second-order valence-electron chi connectivity index (χ2n) is 4.06. The summed E-state index contributed by atoms with van der Waals surface area (Å²) in [5.41, 5.74) is 0.196. The Hall–Kier alpha value is -2.82. The molecule has 2 N–H and O–H groups in total. The third-order valence-corrected chi connectivity index (χ3v) is 2.79. The minimum absolute atomic E-state index is 0.0697. The van der Waals surface area contributed by atoms with Crippen molar-refractivity contribution in [3.05, 3.63) is 54.3 Å². The zero-order valence-corrected chi connectivity index (χ0v) is 9.83. The highest BCUT2D eigenvalue weighted by molar-refractivity contribution is 6.08. The molecule has 0 aliphatic rings. The predicted octanol–water partition coefficient (Wildman–Crippen LogP) is 2.79. The molecule has 1 aromatic heterocycles. The van der Waals surface area contributed by atoms with Crippen LogP contribution in [0.2, 0.25) is 0 Å². The van der Waals surface area contributed by atoms with E-state index in [4.69, 9.17) is 0 Å². The maximum atomic E-state index is 12.0. The third-order valence-electron chi connectivity index (χ3n) is 2.79. The van der Waals surface area contributed by atoms with Gasteiger partial charge in [0.1, 0.15) is 12.0 Å². The lowest BCUT2D eigenvalue weighted by atomic mass is 10.1. The number of rotatable bonds is 2. The summed E-state index contributed by atoms with van der Waals surface area (Å²) < 4.78 is 4.62. The summed E-state index contributed by atoms with van der Waals surface area (Å²) in [4.78, 5) is 12.0. The Labute approximate surface area is 108 Å². The molecule has 0 saturated heterocycles. The van der Waals surface area contributed by atoms with Gasteiger partial charge < -0.3 is 14.9 Å². The monoisotopic (exact) mass is 254 g/mol. The van der Waals surface area contributed by atoms with Gasteiger partial charge in [-0.05, 0) is 22.9 Å². The van der Waals surface area contributed by atoms with Crippen molar-refractivity contribution in [2.75, 3.05) is 5.32 Å². The maximum Gasteiger partial charge on any atom is 0.260 e. The van der Waals surface area contributed by atoms with Crippen LogP contribution in [0.3, 0.4) is 0 Å². The van der Waals surface area contributed by atoms with Crippen molar-refractivity contribution in [3.63, 3.8) is 0 Å². The minimum Gasteiger partial charge on any atom is -0.507 e. The van der Waals surface area contributed by atoms with Crippen LogP contribution in [0.25, 0.3) is 10.8 Å². The molecule has 3 rings (SSSR count). The Balaban J connectivity index is 1.99. The highest BCUT2D eigenvalue weighted by Crippen LogP contribution is 2.25. The molecule has 3 aromatic rings. The smallest absolute Gasteiger partial charge is 0.260 e. The van der Waals surface area contributed by atoms with Gasteiger partial charge in [0.05, 0.1) is 5.56 Å². The summed E-state index contributed by atoms with van der Waals surface area (Å²) in [6.07, 6.45) is 1.36. The lowest BCUT2D eigenvalue weighted by molar-refractivity contribution is 0.102. The number of amides is 1. The average Bonchev–Trinajstić information content (AvgIpc) is 2.90. The first kappa shape index (κ1) is 11.3. The van der Waals surface area contributed by atoms with Crippen molar-refractivity contribution in [1.29, 1.82) is 0 Å². The SMILES string of the molecule is O=C(Nc1ccon1)c1cc2ccccc2cc1O. The first-order valence-electron chi connectivity index (χ1n) is 5.67. The van der Waals surface area contributed by atoms with E-state index in [0.29, 0.717) is 5.82 Å². The zero-order valence-electron chi connectivity index (χ0n) is 9.83. The van der Waals surface area contributed by atoms with Gasteiger partial charge in [-0.3, -0.25) is 4.79 Å². The van der Waals surface area contributed by atoms with Gasteiger partial charge in [0.25, 0.3) is 5.91 Å². The van der Waals surface area contributed by atoms with Gasteiger partial charge in [0.15, 0.2) is 5.82 Å². The number of carbonyl (C=O) groups is 1. The summed E-state index contributed by atoms with van der Waals surface area (Å²) >= 11 is 0. The Bertz CT molecular complexity index is 736. The molecule has 1 heterocycles. The van der Waals surface area contributed by atoms with Crippen LogP contribution in [0.15, 0.2) is 53.3 Å². The summed E-state index contributed by atoms with van der Waals surface area (Å²) in [7, 11) is 0. The molecule has 19 heavy (non-hydrogen) atoms. The number of aromatic hydroxyl groups is 1. The van der Waals surface area contributed by atoms with E-state index in [2.05, 4.69) is 15.0 Å². The van der Waals surface area contributed by atoms with Gasteiger partial charge in [0.2, 0.25) is 0 Å². The van der Waals surface area contributed by atoms with Crippen molar-refractivity contribution in [2.24, 2.45) is 0 Å². The Morgan fingerprint density at radius 1 is 1.16 bits per heavy atom. The number of carbonyl (C=O) groups excluding carboxylic acids is 1. The highest BCUT2D eigenvalue weighted by Gasteiger charge is 2.13. The number of aromatic nitrogens is 1. The molecular formula is C14H10N2O3. The van der Waals surface area contributed by atoms with Crippen LogP contribution in [0.5, 0.6) is 5.75 Å². The van der Waals surface area contributed by atoms with Gasteiger partial charge in [-0.25, -0.2) is 0 Å². The van der Waals surface area contributed by atoms with E-state index in [1.54, 1.807) is 12.1 Å². The number of phenols is 1. The van der Waals surface area contributed by atoms with Gasteiger partial charge in [-0.15, -0.1) is 0 Å². The van der Waals surface area contributed by atoms with Gasteiger partial charge in [-0.2, -0.15) is 0 Å². The van der Waals surface area contributed by atoms with Crippen LogP contribution in [0.4, 0.5) is 5.82 Å². The van der Waals surface area contributed by atoms with E-state index in [-0.39, 0.29) is 11.3 Å². The molecule has 0 saturated carbocycles. The topological polar surface area (TPSA) is 75.4 Å². The van der Waals surface area contributed by atoms with Crippen molar-refractivity contribution < 1.29 is 14.4 Å². The Kier molecular flexibility index (Phi) is 2.64. The van der Waals surface area contributed by atoms with E-state index in [9.17, 15) is 9.90 Å². The minimum atomic E-state index is -0.433. The van der Waals surface area contributed by atoms with Crippen LogP contribution in [0, 0.1) is 0 Å². The van der Waals surface area contributed by atoms with E-state index in [0.717, 1.165) is 10.8 Å². The Morgan fingerprint density at radius 3 is 2.58 bits per heavy atom. The number of nitrogens with zero attached hydrogens (tertiary/aromatic N) is 1. The molecule has 94 valence electrons. The molecule has 0 radical (unpaired) electrons. The number of nitrogens with one attached hydrogen (secondary N) is 1. The molecule has 5 heteroatoms. The summed E-state index contributed by atoms with van der Waals surface area (Å²) in [5, 5.41) is 17.8. The molecule has 0 aliphatic heterocycles. The standard InChI is InChI=1S/C14H10N2O3/c17-12-8-10-4-2-1-3-9(10)7-11(12)14(18)15-13-5-6-19-16-13/h1-8,17H,(H,15,16,18). The lowest BCUT2D eigenvalue weighted by Gasteiger charge is -2.06. The third kappa shape index (κ3) is 2.13. The quantitative estimate of drug-likeness (QED) is 0.737. The normalized spacial score (nSPS) is 10.5. The van der Waals surface area contributed by atoms with Crippen LogP contribution >= 0.6 is 0 Å². The number of hydrogen-bond donors (Lipinski definition) is 2. The fourth-order valence-electron chi connectivity index (χ4n) is 1.87. The van der Waals surface area contributed by atoms with E-state index >= 15 is 0 Å². The van der Waals surface area contributed by atoms with E-state index < -0.39 is 5.91 Å². The van der Waals surface area contributed by atoms with Crippen molar-refractivity contribution >= 4 is 22.5 Å². The molecule has 0 aliphatic carbocycles. The van der Waals surface area contributed by atoms with Crippen molar-refractivity contribution in [1.82, 2.24) is 5.16 Å². The fourth-order valence-corrected chi connectivity index (χ4v) is 1.87. The van der Waals surface area contributed by atoms with E-state index in [1.165, 1.54) is 12.3 Å². The number of hydrogen-bond acceptors (Lipinski definition) is 4. The van der Waals surface area contributed by atoms with Crippen molar-refractivity contribution in [2.45, 2.75) is 0 Å². The first-order chi connectivity index (χ1) is 9.24. The molecule has 2 aromatic carbocycles. The van der Waals surface area contributed by atoms with Gasteiger partial charge in [-0.1, -0.05) is 29.4 Å². The number of benzene rings is 2. The van der Waals surface area contributed by atoms with Gasteiger partial charge in [0, 0.05) is 6.07 Å². The van der Waals surface area contributed by atoms with Crippen LogP contribution in [0.1, 0.15) is 10.4 Å². The number of anilines is 1. The molecule has 0 fully saturated rings. The maximum absolute atomic E-state index is 12.0. The fraction of sp³-hybridized carbons (Fsp3) is 0. The lowest BCUT2D eigenvalue weighted by Crippen LogP contribution is -2.12. The second-order valence-corrected chi connectivity index (χ2v) is 4.06.